The first-order valence-corrected chi connectivity index (χ1v) is 9.76. The number of para-hydroxylation sites is 2. The summed E-state index contributed by atoms with van der Waals surface area (Å²) in [7, 11) is 1.74. The topological polar surface area (TPSA) is 12.5 Å². The Morgan fingerprint density at radius 3 is 2.11 bits per heavy atom. The van der Waals surface area contributed by atoms with Crippen molar-refractivity contribution in [3.63, 3.8) is 0 Å². The lowest BCUT2D eigenvalue weighted by molar-refractivity contribution is 0.233. The molecular formula is C25H29NO. The number of hydrogen-bond acceptors (Lipinski definition) is 2. The fraction of sp³-hybridized carbons (Fsp3) is 0.280. The SMILES string of the molecule is COC/C=C(C)/C(=C\C1=CCCCC1)N(c1ccccc1)c1ccccc1. The summed E-state index contributed by atoms with van der Waals surface area (Å²) in [5.41, 5.74) is 6.18. The molecule has 2 aromatic rings. The maximum Gasteiger partial charge on any atom is 0.0649 e. The molecule has 1 aliphatic carbocycles. The molecule has 27 heavy (non-hydrogen) atoms. The zero-order valence-corrected chi connectivity index (χ0v) is 16.4. The lowest BCUT2D eigenvalue weighted by Gasteiger charge is -2.29. The molecule has 2 aromatic carbocycles. The van der Waals surface area contributed by atoms with Crippen LogP contribution < -0.4 is 4.90 Å². The Bertz CT molecular complexity index is 763. The van der Waals surface area contributed by atoms with E-state index in [1.54, 1.807) is 7.11 Å². The first-order chi connectivity index (χ1) is 13.3. The van der Waals surface area contributed by atoms with Gasteiger partial charge in [-0.05, 0) is 74.1 Å². The third-order valence-corrected chi connectivity index (χ3v) is 4.88. The van der Waals surface area contributed by atoms with Gasteiger partial charge in [0.15, 0.2) is 0 Å². The van der Waals surface area contributed by atoms with Crippen LogP contribution in [0, 0.1) is 0 Å². The number of rotatable bonds is 7. The number of nitrogens with zero attached hydrogens (tertiary/aromatic N) is 1. The molecule has 0 aliphatic heterocycles. The summed E-state index contributed by atoms with van der Waals surface area (Å²) < 4.78 is 5.31. The van der Waals surface area contributed by atoms with Gasteiger partial charge < -0.3 is 9.64 Å². The highest BCUT2D eigenvalue weighted by Crippen LogP contribution is 2.34. The van der Waals surface area contributed by atoms with Gasteiger partial charge in [0.2, 0.25) is 0 Å². The first kappa shape index (κ1) is 19.2. The van der Waals surface area contributed by atoms with Crippen molar-refractivity contribution in [1.82, 2.24) is 0 Å². The molecule has 1 aliphatic rings. The average Bonchev–Trinajstić information content (AvgIpc) is 2.74. The largest absolute Gasteiger partial charge is 0.381 e. The highest BCUT2D eigenvalue weighted by molar-refractivity contribution is 5.71. The van der Waals surface area contributed by atoms with Gasteiger partial charge in [-0.2, -0.15) is 0 Å². The second kappa shape index (κ2) is 9.94. The van der Waals surface area contributed by atoms with Gasteiger partial charge >= 0.3 is 0 Å². The molecule has 0 atom stereocenters. The minimum absolute atomic E-state index is 0.611. The van der Waals surface area contributed by atoms with Crippen LogP contribution in [0.15, 0.2) is 95.7 Å². The molecule has 0 bridgehead atoms. The van der Waals surface area contributed by atoms with Crippen LogP contribution in [0.5, 0.6) is 0 Å². The van der Waals surface area contributed by atoms with E-state index < -0.39 is 0 Å². The highest BCUT2D eigenvalue weighted by Gasteiger charge is 2.17. The molecule has 0 radical (unpaired) electrons. The maximum atomic E-state index is 5.31. The number of anilines is 2. The number of methoxy groups -OCH3 is 1. The van der Waals surface area contributed by atoms with Crippen molar-refractivity contribution in [3.8, 4) is 0 Å². The fourth-order valence-corrected chi connectivity index (χ4v) is 3.42. The summed E-state index contributed by atoms with van der Waals surface area (Å²) in [5.74, 6) is 0. The molecule has 0 aromatic heterocycles. The van der Waals surface area contributed by atoms with Gasteiger partial charge in [-0.3, -0.25) is 0 Å². The Balaban J connectivity index is 2.12. The van der Waals surface area contributed by atoms with E-state index >= 15 is 0 Å². The fourth-order valence-electron chi connectivity index (χ4n) is 3.42. The number of hydrogen-bond donors (Lipinski definition) is 0. The summed E-state index contributed by atoms with van der Waals surface area (Å²) in [5, 5.41) is 0. The minimum Gasteiger partial charge on any atom is -0.381 e. The molecular weight excluding hydrogens is 330 g/mol. The summed E-state index contributed by atoms with van der Waals surface area (Å²) in [4.78, 5) is 2.34. The minimum atomic E-state index is 0.611. The van der Waals surface area contributed by atoms with Crippen LogP contribution in [-0.2, 0) is 4.74 Å². The molecule has 0 saturated heterocycles. The number of allylic oxidation sites excluding steroid dienone is 4. The third kappa shape index (κ3) is 5.21. The van der Waals surface area contributed by atoms with Crippen molar-refractivity contribution in [1.29, 1.82) is 0 Å². The van der Waals surface area contributed by atoms with E-state index in [1.165, 1.54) is 36.1 Å². The smallest absolute Gasteiger partial charge is 0.0649 e. The van der Waals surface area contributed by atoms with Crippen LogP contribution in [0.4, 0.5) is 11.4 Å². The Hall–Kier alpha value is -2.58. The van der Waals surface area contributed by atoms with Crippen LogP contribution in [0.1, 0.15) is 32.6 Å². The third-order valence-electron chi connectivity index (χ3n) is 4.88. The van der Waals surface area contributed by atoms with Crippen LogP contribution in [-0.4, -0.2) is 13.7 Å². The molecule has 2 nitrogen and oxygen atoms in total. The van der Waals surface area contributed by atoms with Gasteiger partial charge in [0.25, 0.3) is 0 Å². The predicted molar refractivity (Wildman–Crippen MR) is 115 cm³/mol. The molecule has 0 N–H and O–H groups in total. The van der Waals surface area contributed by atoms with E-state index in [9.17, 15) is 0 Å². The molecule has 0 unspecified atom stereocenters. The molecule has 0 heterocycles. The van der Waals surface area contributed by atoms with E-state index in [1.807, 2.05) is 0 Å². The van der Waals surface area contributed by atoms with E-state index in [2.05, 4.69) is 90.7 Å². The number of ether oxygens (including phenoxy) is 1. The lowest BCUT2D eigenvalue weighted by atomic mass is 9.97. The second-order valence-corrected chi connectivity index (χ2v) is 6.90. The summed E-state index contributed by atoms with van der Waals surface area (Å²) in [6.45, 7) is 2.78. The normalized spacial score (nSPS) is 15.4. The molecule has 0 spiro atoms. The van der Waals surface area contributed by atoms with Crippen molar-refractivity contribution >= 4 is 11.4 Å². The predicted octanol–water partition coefficient (Wildman–Crippen LogP) is 6.80. The van der Waals surface area contributed by atoms with E-state index in [0.29, 0.717) is 6.61 Å². The van der Waals surface area contributed by atoms with Crippen molar-refractivity contribution < 1.29 is 4.74 Å². The number of benzene rings is 2. The van der Waals surface area contributed by atoms with E-state index in [0.717, 1.165) is 17.8 Å². The van der Waals surface area contributed by atoms with Crippen molar-refractivity contribution in [2.45, 2.75) is 32.6 Å². The Labute approximate surface area is 163 Å². The summed E-state index contributed by atoms with van der Waals surface area (Å²) >= 11 is 0. The zero-order valence-electron chi connectivity index (χ0n) is 16.4. The molecule has 0 amide bonds. The van der Waals surface area contributed by atoms with E-state index in [-0.39, 0.29) is 0 Å². The standard InChI is InChI=1S/C25H29NO/c1-21(18-19-27-2)25(20-22-12-6-3-7-13-22)26(23-14-8-4-9-15-23)24-16-10-5-11-17-24/h4-5,8-12,14-18,20H,3,6-7,13,19H2,1-2H3/b21-18+,25-20+. The molecule has 0 saturated carbocycles. The molecule has 3 rings (SSSR count). The van der Waals surface area contributed by atoms with Gasteiger partial charge in [-0.25, -0.2) is 0 Å². The average molecular weight is 360 g/mol. The summed E-state index contributed by atoms with van der Waals surface area (Å²) in [6, 6.07) is 21.2. The van der Waals surface area contributed by atoms with Gasteiger partial charge in [-0.1, -0.05) is 48.6 Å². The Kier molecular flexibility index (Phi) is 7.06. The summed E-state index contributed by atoms with van der Waals surface area (Å²) in [6.07, 6.45) is 11.8. The zero-order chi connectivity index (χ0) is 18.9. The van der Waals surface area contributed by atoms with Crippen molar-refractivity contribution in [3.05, 3.63) is 95.7 Å². The maximum absolute atomic E-state index is 5.31. The second-order valence-electron chi connectivity index (χ2n) is 6.90. The first-order valence-electron chi connectivity index (χ1n) is 9.76. The van der Waals surface area contributed by atoms with Crippen molar-refractivity contribution in [2.75, 3.05) is 18.6 Å². The van der Waals surface area contributed by atoms with Crippen molar-refractivity contribution in [2.24, 2.45) is 0 Å². The van der Waals surface area contributed by atoms with Crippen LogP contribution >= 0.6 is 0 Å². The van der Waals surface area contributed by atoms with Crippen LogP contribution in [0.25, 0.3) is 0 Å². The van der Waals surface area contributed by atoms with Crippen LogP contribution in [0.2, 0.25) is 0 Å². The Morgan fingerprint density at radius 2 is 1.59 bits per heavy atom. The molecule has 140 valence electrons. The van der Waals surface area contributed by atoms with Gasteiger partial charge in [0.05, 0.1) is 6.61 Å². The molecule has 2 heteroatoms. The Morgan fingerprint density at radius 1 is 0.963 bits per heavy atom. The monoisotopic (exact) mass is 359 g/mol. The van der Waals surface area contributed by atoms with Gasteiger partial charge in [-0.15, -0.1) is 0 Å². The van der Waals surface area contributed by atoms with Gasteiger partial charge in [0.1, 0.15) is 0 Å². The quantitative estimate of drug-likeness (QED) is 0.504. The van der Waals surface area contributed by atoms with E-state index in [4.69, 9.17) is 4.74 Å². The van der Waals surface area contributed by atoms with Gasteiger partial charge in [0, 0.05) is 24.2 Å². The van der Waals surface area contributed by atoms with Crippen LogP contribution in [0.3, 0.4) is 0 Å². The highest BCUT2D eigenvalue weighted by atomic mass is 16.5. The molecule has 0 fully saturated rings. The lowest BCUT2D eigenvalue weighted by Crippen LogP contribution is -2.18.